The Morgan fingerprint density at radius 2 is 1.90 bits per heavy atom. The van der Waals surface area contributed by atoms with Gasteiger partial charge in [-0.2, -0.15) is 0 Å². The summed E-state index contributed by atoms with van der Waals surface area (Å²) in [4.78, 5) is 7.04. The van der Waals surface area contributed by atoms with E-state index in [4.69, 9.17) is 0 Å². The van der Waals surface area contributed by atoms with Crippen LogP contribution in [0.15, 0.2) is 42.6 Å². The highest BCUT2D eigenvalue weighted by Crippen LogP contribution is 2.38. The van der Waals surface area contributed by atoms with Gasteiger partial charge in [-0.05, 0) is 87.4 Å². The Bertz CT molecular complexity index is 834. The number of aryl methyl sites for hydroxylation is 1. The molecule has 1 N–H and O–H groups in total. The summed E-state index contributed by atoms with van der Waals surface area (Å²) in [5, 5.41) is 3.62. The number of benzene rings is 1. The van der Waals surface area contributed by atoms with E-state index in [2.05, 4.69) is 26.0 Å². The first-order valence-corrected chi connectivity index (χ1v) is 10.7. The monoisotopic (exact) mass is 419 g/mol. The second kappa shape index (κ2) is 8.84. The molecule has 30 heavy (non-hydrogen) atoms. The van der Waals surface area contributed by atoms with Gasteiger partial charge in [0.15, 0.2) is 0 Å². The van der Waals surface area contributed by atoms with Crippen LogP contribution in [0.2, 0.25) is 0 Å². The molecule has 4 rings (SSSR count). The second-order valence-corrected chi connectivity index (χ2v) is 8.41. The van der Waals surface area contributed by atoms with Crippen molar-refractivity contribution in [1.29, 1.82) is 0 Å². The number of rotatable bonds is 5. The van der Waals surface area contributed by atoms with E-state index in [1.54, 1.807) is 12.1 Å². The average molecular weight is 419 g/mol. The van der Waals surface area contributed by atoms with Crippen LogP contribution in [0.25, 0.3) is 0 Å². The molecular weight excluding hydrogens is 391 g/mol. The normalized spacial score (nSPS) is 25.3. The van der Waals surface area contributed by atoms with Gasteiger partial charge < -0.3 is 10.1 Å². The number of ether oxygens (including phenoxy) is 1. The number of hydrogen-bond acceptors (Lipinski definition) is 4. The van der Waals surface area contributed by atoms with Crippen LogP contribution >= 0.6 is 0 Å². The van der Waals surface area contributed by atoms with E-state index in [-0.39, 0.29) is 17.7 Å². The topological polar surface area (TPSA) is 37.4 Å². The number of pyridine rings is 1. The average Bonchev–Trinajstić information content (AvgIpc) is 3.23. The van der Waals surface area contributed by atoms with Gasteiger partial charge in [-0.15, -0.1) is 13.2 Å². The van der Waals surface area contributed by atoms with Crippen molar-refractivity contribution in [2.24, 2.45) is 0 Å². The summed E-state index contributed by atoms with van der Waals surface area (Å²) < 4.78 is 42.0. The molecule has 0 bridgehead atoms. The Labute approximate surface area is 175 Å². The van der Waals surface area contributed by atoms with Crippen molar-refractivity contribution in [2.75, 3.05) is 18.4 Å². The predicted octanol–water partition coefficient (Wildman–Crippen LogP) is 5.50. The third kappa shape index (κ3) is 5.25. The highest BCUT2D eigenvalue weighted by atomic mass is 19.4. The van der Waals surface area contributed by atoms with Gasteiger partial charge in [0.1, 0.15) is 11.6 Å². The molecule has 1 aliphatic heterocycles. The van der Waals surface area contributed by atoms with Gasteiger partial charge in [-0.3, -0.25) is 4.90 Å². The Morgan fingerprint density at radius 1 is 1.10 bits per heavy atom. The van der Waals surface area contributed by atoms with E-state index in [0.717, 1.165) is 49.3 Å². The van der Waals surface area contributed by atoms with E-state index in [1.807, 2.05) is 25.3 Å². The van der Waals surface area contributed by atoms with E-state index in [1.165, 1.54) is 18.9 Å². The highest BCUT2D eigenvalue weighted by Gasteiger charge is 2.37. The number of alkyl halides is 3. The number of nitrogens with zero attached hydrogens (tertiary/aromatic N) is 2. The van der Waals surface area contributed by atoms with Gasteiger partial charge in [-0.1, -0.05) is 18.2 Å². The third-order valence-corrected chi connectivity index (χ3v) is 6.23. The summed E-state index contributed by atoms with van der Waals surface area (Å²) in [5.74, 6) is 0.965. The zero-order valence-electron chi connectivity index (χ0n) is 17.2. The van der Waals surface area contributed by atoms with E-state index < -0.39 is 6.36 Å². The maximum atomic E-state index is 12.6. The number of nitrogens with one attached hydrogen (secondary N) is 1. The smallest absolute Gasteiger partial charge is 0.406 e. The third-order valence-electron chi connectivity index (χ3n) is 6.23. The van der Waals surface area contributed by atoms with Crippen LogP contribution in [0.5, 0.6) is 5.75 Å². The first-order chi connectivity index (χ1) is 14.4. The fraction of sp³-hybridized carbons (Fsp3) is 0.522. The first-order valence-electron chi connectivity index (χ1n) is 10.7. The molecule has 3 atom stereocenters. The number of anilines is 1. The van der Waals surface area contributed by atoms with E-state index in [9.17, 15) is 13.2 Å². The highest BCUT2D eigenvalue weighted by molar-refractivity contribution is 5.38. The molecular formula is C23H28F3N3O. The summed E-state index contributed by atoms with van der Waals surface area (Å²) in [5.41, 5.74) is 2.05. The first kappa shape index (κ1) is 21.0. The molecule has 2 fully saturated rings. The van der Waals surface area contributed by atoms with Crippen LogP contribution in [0, 0.1) is 6.92 Å². The molecule has 0 unspecified atom stereocenters. The molecule has 162 valence electrons. The van der Waals surface area contributed by atoms with E-state index in [0.29, 0.717) is 6.04 Å². The van der Waals surface area contributed by atoms with Gasteiger partial charge in [0.05, 0.1) is 0 Å². The maximum absolute atomic E-state index is 12.6. The van der Waals surface area contributed by atoms with Crippen LogP contribution in [0.4, 0.5) is 19.0 Å². The van der Waals surface area contributed by atoms with E-state index >= 15 is 0 Å². The van der Waals surface area contributed by atoms with Gasteiger partial charge in [0, 0.05) is 18.3 Å². The standard InChI is InChI=1S/C23H28F3N3O/c1-16-7-10-22(27-15-16)28-20-9-8-18(14-21(20)29-11-2-3-12-29)17-5-4-6-19(13-17)30-23(24,25)26/h4-7,10,13,15,18,20-21H,2-3,8-9,11-12,14H2,1H3,(H,27,28)/t18-,20-,21-/m0/s1. The summed E-state index contributed by atoms with van der Waals surface area (Å²) in [6.45, 7) is 4.17. The maximum Gasteiger partial charge on any atom is 0.573 e. The molecule has 2 heterocycles. The Balaban J connectivity index is 1.50. The molecule has 2 aliphatic rings. The minimum atomic E-state index is -4.67. The van der Waals surface area contributed by atoms with Crippen molar-refractivity contribution in [3.05, 3.63) is 53.7 Å². The molecule has 1 aromatic carbocycles. The zero-order chi connectivity index (χ0) is 21.1. The number of halogens is 3. The van der Waals surface area contributed by atoms with Gasteiger partial charge in [0.2, 0.25) is 0 Å². The fourth-order valence-electron chi connectivity index (χ4n) is 4.80. The molecule has 0 radical (unpaired) electrons. The quantitative estimate of drug-likeness (QED) is 0.694. The fourth-order valence-corrected chi connectivity index (χ4v) is 4.80. The molecule has 0 spiro atoms. The summed E-state index contributed by atoms with van der Waals surface area (Å²) in [6.07, 6.45) is 2.38. The van der Waals surface area contributed by atoms with Gasteiger partial charge in [0.25, 0.3) is 0 Å². The van der Waals surface area contributed by atoms with Crippen LogP contribution in [-0.4, -0.2) is 41.4 Å². The van der Waals surface area contributed by atoms with Gasteiger partial charge in [-0.25, -0.2) is 4.98 Å². The minimum absolute atomic E-state index is 0.137. The predicted molar refractivity (Wildman–Crippen MR) is 111 cm³/mol. The van der Waals surface area contributed by atoms with Gasteiger partial charge >= 0.3 is 6.36 Å². The molecule has 1 saturated carbocycles. The Kier molecular flexibility index (Phi) is 6.18. The van der Waals surface area contributed by atoms with Crippen LogP contribution in [0.3, 0.4) is 0 Å². The number of hydrogen-bond donors (Lipinski definition) is 1. The Hall–Kier alpha value is -2.28. The van der Waals surface area contributed by atoms with Crippen molar-refractivity contribution < 1.29 is 17.9 Å². The largest absolute Gasteiger partial charge is 0.573 e. The molecule has 7 heteroatoms. The van der Waals surface area contributed by atoms with Crippen molar-refractivity contribution in [3.63, 3.8) is 0 Å². The molecule has 1 aliphatic carbocycles. The van der Waals surface area contributed by atoms with Crippen molar-refractivity contribution in [3.8, 4) is 5.75 Å². The zero-order valence-corrected chi connectivity index (χ0v) is 17.2. The lowest BCUT2D eigenvalue weighted by Crippen LogP contribution is -2.49. The minimum Gasteiger partial charge on any atom is -0.406 e. The van der Waals surface area contributed by atoms with Crippen molar-refractivity contribution in [1.82, 2.24) is 9.88 Å². The SMILES string of the molecule is Cc1ccc(N[C@H]2CC[C@H](c3cccc(OC(F)(F)F)c3)C[C@@H]2N2CCCC2)nc1. The second-order valence-electron chi connectivity index (χ2n) is 8.41. The summed E-state index contributed by atoms with van der Waals surface area (Å²) in [6, 6.07) is 11.2. The molecule has 2 aromatic rings. The van der Waals surface area contributed by atoms with Crippen molar-refractivity contribution >= 4 is 5.82 Å². The molecule has 1 aromatic heterocycles. The lowest BCUT2D eigenvalue weighted by atomic mass is 9.78. The molecule has 1 saturated heterocycles. The number of likely N-dealkylation sites (tertiary alicyclic amines) is 1. The molecule has 4 nitrogen and oxygen atoms in total. The van der Waals surface area contributed by atoms with Crippen LogP contribution < -0.4 is 10.1 Å². The lowest BCUT2D eigenvalue weighted by Gasteiger charge is -2.42. The van der Waals surface area contributed by atoms with Crippen LogP contribution in [-0.2, 0) is 0 Å². The lowest BCUT2D eigenvalue weighted by molar-refractivity contribution is -0.274. The summed E-state index contributed by atoms with van der Waals surface area (Å²) >= 11 is 0. The van der Waals surface area contributed by atoms with Crippen molar-refractivity contribution in [2.45, 2.75) is 63.4 Å². The Morgan fingerprint density at radius 3 is 2.60 bits per heavy atom. The molecule has 0 amide bonds. The van der Waals surface area contributed by atoms with Crippen LogP contribution in [0.1, 0.15) is 49.1 Å². The summed E-state index contributed by atoms with van der Waals surface area (Å²) in [7, 11) is 0. The number of aromatic nitrogens is 1.